The number of nitrogens with one attached hydrogen (secondary N) is 1. The van der Waals surface area contributed by atoms with Gasteiger partial charge in [0, 0.05) is 17.3 Å². The molecule has 0 aliphatic heterocycles. The monoisotopic (exact) mass is 438 g/mol. The molecule has 1 saturated carbocycles. The highest BCUT2D eigenvalue weighted by Crippen LogP contribution is 2.34. The predicted octanol–water partition coefficient (Wildman–Crippen LogP) is 4.17. The van der Waals surface area contributed by atoms with E-state index in [0.717, 1.165) is 35.2 Å². The third kappa shape index (κ3) is 4.74. The Bertz CT molecular complexity index is 1190. The summed E-state index contributed by atoms with van der Waals surface area (Å²) in [6.07, 6.45) is 4.08. The van der Waals surface area contributed by atoms with Crippen molar-refractivity contribution in [3.05, 3.63) is 60.3 Å². The number of aromatic amines is 1. The molecule has 0 radical (unpaired) electrons. The molecule has 2 aromatic heterocycles. The van der Waals surface area contributed by atoms with Gasteiger partial charge in [0.25, 0.3) is 0 Å². The average Bonchev–Trinajstić information content (AvgIpc) is 3.24. The lowest BCUT2D eigenvalue weighted by molar-refractivity contribution is -0.0515. The SMILES string of the molecule is FC(F)Oc1ccc(Cn2ccc(-c3cccc(-c4nn[nH]n4)c3)n2)cc1OCC1CC1. The lowest BCUT2D eigenvalue weighted by Gasteiger charge is -2.13. The van der Waals surface area contributed by atoms with E-state index in [0.29, 0.717) is 30.6 Å². The second-order valence-corrected chi connectivity index (χ2v) is 7.63. The van der Waals surface area contributed by atoms with Crippen LogP contribution in [0.4, 0.5) is 8.78 Å². The molecule has 0 atom stereocenters. The number of ether oxygens (including phenoxy) is 2. The fourth-order valence-corrected chi connectivity index (χ4v) is 3.34. The minimum absolute atomic E-state index is 0.0452. The highest BCUT2D eigenvalue weighted by Gasteiger charge is 2.23. The summed E-state index contributed by atoms with van der Waals surface area (Å²) in [6, 6.07) is 14.6. The van der Waals surface area contributed by atoms with Gasteiger partial charge in [-0.25, -0.2) is 0 Å². The van der Waals surface area contributed by atoms with E-state index in [9.17, 15) is 8.78 Å². The number of aromatic nitrogens is 6. The van der Waals surface area contributed by atoms with Gasteiger partial charge in [-0.3, -0.25) is 4.68 Å². The minimum atomic E-state index is -2.90. The van der Waals surface area contributed by atoms with Crippen molar-refractivity contribution in [2.24, 2.45) is 5.92 Å². The maximum atomic E-state index is 12.7. The molecule has 5 rings (SSSR count). The van der Waals surface area contributed by atoms with Crippen molar-refractivity contribution in [3.8, 4) is 34.1 Å². The zero-order valence-electron chi connectivity index (χ0n) is 17.0. The number of hydrogen-bond acceptors (Lipinski definition) is 6. The molecule has 0 bridgehead atoms. The number of halogens is 2. The number of alkyl halides is 2. The van der Waals surface area contributed by atoms with Crippen LogP contribution >= 0.6 is 0 Å². The van der Waals surface area contributed by atoms with Gasteiger partial charge in [-0.2, -0.15) is 19.1 Å². The molecule has 4 aromatic rings. The van der Waals surface area contributed by atoms with Crippen LogP contribution in [0.15, 0.2) is 54.7 Å². The molecule has 1 aliphatic rings. The Morgan fingerprint density at radius 3 is 2.72 bits per heavy atom. The van der Waals surface area contributed by atoms with Crippen LogP contribution in [-0.2, 0) is 6.54 Å². The standard InChI is InChI=1S/C22H20F2N6O2/c23-22(24)32-19-7-6-15(10-20(19)31-13-14-4-5-14)12-30-9-8-18(27-30)16-2-1-3-17(11-16)21-25-28-29-26-21/h1-3,6-11,14,22H,4-5,12-13H2,(H,25,26,28,29). The van der Waals surface area contributed by atoms with Crippen molar-refractivity contribution in [2.75, 3.05) is 6.61 Å². The third-order valence-electron chi connectivity index (χ3n) is 5.14. The topological polar surface area (TPSA) is 90.7 Å². The number of rotatable bonds is 9. The van der Waals surface area contributed by atoms with Gasteiger partial charge >= 0.3 is 6.61 Å². The quantitative estimate of drug-likeness (QED) is 0.422. The van der Waals surface area contributed by atoms with Crippen LogP contribution in [0.1, 0.15) is 18.4 Å². The van der Waals surface area contributed by atoms with Gasteiger partial charge in [0.05, 0.1) is 18.8 Å². The van der Waals surface area contributed by atoms with E-state index in [4.69, 9.17) is 4.74 Å². The van der Waals surface area contributed by atoms with Gasteiger partial charge < -0.3 is 9.47 Å². The van der Waals surface area contributed by atoms with E-state index in [-0.39, 0.29) is 5.75 Å². The van der Waals surface area contributed by atoms with E-state index in [1.807, 2.05) is 36.5 Å². The number of benzene rings is 2. The summed E-state index contributed by atoms with van der Waals surface area (Å²) in [5.41, 5.74) is 3.41. The van der Waals surface area contributed by atoms with Crippen molar-refractivity contribution < 1.29 is 18.3 Å². The summed E-state index contributed by atoms with van der Waals surface area (Å²) < 4.78 is 37.6. The van der Waals surface area contributed by atoms with Gasteiger partial charge in [0.15, 0.2) is 11.5 Å². The van der Waals surface area contributed by atoms with Crippen LogP contribution in [-0.4, -0.2) is 43.6 Å². The van der Waals surface area contributed by atoms with Gasteiger partial charge in [-0.15, -0.1) is 10.2 Å². The second kappa shape index (κ2) is 8.74. The summed E-state index contributed by atoms with van der Waals surface area (Å²) >= 11 is 0. The Morgan fingerprint density at radius 1 is 1.06 bits per heavy atom. The van der Waals surface area contributed by atoms with E-state index in [1.54, 1.807) is 16.8 Å². The molecule has 1 fully saturated rings. The highest BCUT2D eigenvalue weighted by molar-refractivity contribution is 5.67. The first-order chi connectivity index (χ1) is 15.6. The van der Waals surface area contributed by atoms with Gasteiger partial charge in [0.1, 0.15) is 0 Å². The Hall–Kier alpha value is -3.82. The molecule has 0 spiro atoms. The van der Waals surface area contributed by atoms with E-state index in [1.165, 1.54) is 6.07 Å². The molecule has 1 aliphatic carbocycles. The highest BCUT2D eigenvalue weighted by atomic mass is 19.3. The molecule has 0 amide bonds. The maximum absolute atomic E-state index is 12.7. The van der Waals surface area contributed by atoms with Crippen LogP contribution in [0.5, 0.6) is 11.5 Å². The summed E-state index contributed by atoms with van der Waals surface area (Å²) in [5, 5.41) is 18.7. The van der Waals surface area contributed by atoms with Crippen molar-refractivity contribution in [1.29, 1.82) is 0 Å². The van der Waals surface area contributed by atoms with E-state index in [2.05, 4.69) is 30.5 Å². The van der Waals surface area contributed by atoms with E-state index < -0.39 is 6.61 Å². The molecular weight excluding hydrogens is 418 g/mol. The van der Waals surface area contributed by atoms with Crippen LogP contribution in [0, 0.1) is 5.92 Å². The van der Waals surface area contributed by atoms with Crippen LogP contribution in [0.3, 0.4) is 0 Å². The Kier molecular flexibility index (Phi) is 5.49. The average molecular weight is 438 g/mol. The lowest BCUT2D eigenvalue weighted by Crippen LogP contribution is -2.07. The van der Waals surface area contributed by atoms with E-state index >= 15 is 0 Å². The van der Waals surface area contributed by atoms with Crippen LogP contribution in [0.2, 0.25) is 0 Å². The smallest absolute Gasteiger partial charge is 0.387 e. The lowest BCUT2D eigenvalue weighted by atomic mass is 10.1. The first-order valence-corrected chi connectivity index (χ1v) is 10.2. The molecule has 2 heterocycles. The molecular formula is C22H20F2N6O2. The number of H-pyrrole nitrogens is 1. The fraction of sp³-hybridized carbons (Fsp3) is 0.273. The molecule has 0 saturated heterocycles. The molecule has 8 nitrogen and oxygen atoms in total. The minimum Gasteiger partial charge on any atom is -0.489 e. The van der Waals surface area contributed by atoms with Gasteiger partial charge in [-0.05, 0) is 53.8 Å². The Morgan fingerprint density at radius 2 is 1.94 bits per heavy atom. The van der Waals surface area contributed by atoms with Crippen molar-refractivity contribution in [2.45, 2.75) is 26.0 Å². The van der Waals surface area contributed by atoms with Crippen LogP contribution in [0.25, 0.3) is 22.6 Å². The van der Waals surface area contributed by atoms with Crippen LogP contribution < -0.4 is 9.47 Å². The van der Waals surface area contributed by atoms with Gasteiger partial charge in [0.2, 0.25) is 5.82 Å². The molecule has 1 N–H and O–H groups in total. The van der Waals surface area contributed by atoms with Crippen molar-refractivity contribution in [1.82, 2.24) is 30.4 Å². The number of tetrazole rings is 1. The maximum Gasteiger partial charge on any atom is 0.387 e. The van der Waals surface area contributed by atoms with Gasteiger partial charge in [-0.1, -0.05) is 24.3 Å². The number of hydrogen-bond donors (Lipinski definition) is 1. The predicted molar refractivity (Wildman–Crippen MR) is 111 cm³/mol. The largest absolute Gasteiger partial charge is 0.489 e. The fourth-order valence-electron chi connectivity index (χ4n) is 3.34. The summed E-state index contributed by atoms with van der Waals surface area (Å²) in [7, 11) is 0. The first kappa shape index (κ1) is 20.1. The zero-order chi connectivity index (χ0) is 21.9. The molecule has 2 aromatic carbocycles. The normalized spacial score (nSPS) is 13.5. The summed E-state index contributed by atoms with van der Waals surface area (Å²) in [5.74, 6) is 1.38. The molecule has 32 heavy (non-hydrogen) atoms. The van der Waals surface area contributed by atoms with Crippen molar-refractivity contribution in [3.63, 3.8) is 0 Å². The Balaban J connectivity index is 1.33. The first-order valence-electron chi connectivity index (χ1n) is 10.2. The number of nitrogens with zero attached hydrogens (tertiary/aromatic N) is 5. The van der Waals surface area contributed by atoms with Crippen molar-refractivity contribution >= 4 is 0 Å². The molecule has 0 unspecified atom stereocenters. The third-order valence-corrected chi connectivity index (χ3v) is 5.14. The second-order valence-electron chi connectivity index (χ2n) is 7.63. The zero-order valence-corrected chi connectivity index (χ0v) is 17.0. The Labute approximate surface area is 182 Å². The summed E-state index contributed by atoms with van der Waals surface area (Å²) in [4.78, 5) is 0. The molecule has 10 heteroatoms. The summed E-state index contributed by atoms with van der Waals surface area (Å²) in [6.45, 7) is -1.94. The molecule has 164 valence electrons.